The first-order valence-corrected chi connectivity index (χ1v) is 6.41. The van der Waals surface area contributed by atoms with Crippen LogP contribution in [0.1, 0.15) is 24.5 Å². The van der Waals surface area contributed by atoms with E-state index in [0.29, 0.717) is 18.5 Å². The molecule has 1 unspecified atom stereocenters. The Morgan fingerprint density at radius 1 is 1.33 bits per heavy atom. The van der Waals surface area contributed by atoms with Gasteiger partial charge in [0.25, 0.3) is 0 Å². The maximum atomic E-state index is 11.8. The topological polar surface area (TPSA) is 74.8 Å². The summed E-state index contributed by atoms with van der Waals surface area (Å²) in [6.45, 7) is 0. The molecule has 6 heteroatoms. The molecule has 1 saturated heterocycles. The SMILES string of the molecule is O=C1CCC(c2n[nH]c3ccc(Br)cc23)C(=O)N1. The Bertz CT molecular complexity index is 650. The minimum Gasteiger partial charge on any atom is -0.296 e. The zero-order chi connectivity index (χ0) is 12.7. The lowest BCUT2D eigenvalue weighted by atomic mass is 9.93. The van der Waals surface area contributed by atoms with E-state index in [1.165, 1.54) is 0 Å². The highest BCUT2D eigenvalue weighted by molar-refractivity contribution is 9.10. The fourth-order valence-electron chi connectivity index (χ4n) is 2.23. The molecule has 3 rings (SSSR count). The number of benzene rings is 1. The van der Waals surface area contributed by atoms with Gasteiger partial charge in [-0.1, -0.05) is 15.9 Å². The number of fused-ring (bicyclic) bond motifs is 1. The van der Waals surface area contributed by atoms with Crippen LogP contribution in [-0.4, -0.2) is 22.0 Å². The van der Waals surface area contributed by atoms with E-state index in [1.807, 2.05) is 18.2 Å². The second kappa shape index (κ2) is 4.20. The molecule has 0 spiro atoms. The summed E-state index contributed by atoms with van der Waals surface area (Å²) in [5.41, 5.74) is 1.59. The summed E-state index contributed by atoms with van der Waals surface area (Å²) in [5, 5.41) is 10.4. The third-order valence-corrected chi connectivity index (χ3v) is 3.62. The molecule has 1 aliphatic rings. The number of amides is 2. The number of nitrogens with zero attached hydrogens (tertiary/aromatic N) is 1. The molecule has 2 N–H and O–H groups in total. The van der Waals surface area contributed by atoms with Crippen LogP contribution in [0, 0.1) is 0 Å². The molecule has 1 fully saturated rings. The Morgan fingerprint density at radius 2 is 2.17 bits per heavy atom. The number of carbonyl (C=O) groups excluding carboxylic acids is 2. The number of imide groups is 1. The number of hydrogen-bond donors (Lipinski definition) is 2. The second-order valence-electron chi connectivity index (χ2n) is 4.30. The second-order valence-corrected chi connectivity index (χ2v) is 5.22. The van der Waals surface area contributed by atoms with Gasteiger partial charge in [-0.3, -0.25) is 20.0 Å². The molecule has 2 amide bonds. The molecule has 0 radical (unpaired) electrons. The molecule has 2 heterocycles. The fourth-order valence-corrected chi connectivity index (χ4v) is 2.59. The van der Waals surface area contributed by atoms with Crippen LogP contribution >= 0.6 is 15.9 Å². The number of rotatable bonds is 1. The van der Waals surface area contributed by atoms with Gasteiger partial charge in [-0.15, -0.1) is 0 Å². The highest BCUT2D eigenvalue weighted by Crippen LogP contribution is 2.30. The van der Waals surface area contributed by atoms with Crippen LogP contribution in [0.3, 0.4) is 0 Å². The largest absolute Gasteiger partial charge is 0.296 e. The van der Waals surface area contributed by atoms with Crippen molar-refractivity contribution in [1.29, 1.82) is 0 Å². The first kappa shape index (κ1) is 11.4. The van der Waals surface area contributed by atoms with E-state index in [0.717, 1.165) is 15.4 Å². The van der Waals surface area contributed by atoms with Gasteiger partial charge in [0.15, 0.2) is 0 Å². The summed E-state index contributed by atoms with van der Waals surface area (Å²) >= 11 is 3.40. The number of piperidine rings is 1. The quantitative estimate of drug-likeness (QED) is 0.790. The number of H-pyrrole nitrogens is 1. The van der Waals surface area contributed by atoms with Gasteiger partial charge in [0, 0.05) is 16.3 Å². The van der Waals surface area contributed by atoms with Crippen LogP contribution in [0.2, 0.25) is 0 Å². The third kappa shape index (κ3) is 1.82. The zero-order valence-electron chi connectivity index (χ0n) is 9.37. The van der Waals surface area contributed by atoms with Crippen LogP contribution in [0.25, 0.3) is 10.9 Å². The highest BCUT2D eigenvalue weighted by atomic mass is 79.9. The van der Waals surface area contributed by atoms with Crippen molar-refractivity contribution in [3.8, 4) is 0 Å². The van der Waals surface area contributed by atoms with Gasteiger partial charge in [0.05, 0.1) is 17.1 Å². The van der Waals surface area contributed by atoms with Gasteiger partial charge in [-0.05, 0) is 24.6 Å². The van der Waals surface area contributed by atoms with Crippen molar-refractivity contribution in [3.05, 3.63) is 28.4 Å². The molecule has 0 aliphatic carbocycles. The summed E-state index contributed by atoms with van der Waals surface area (Å²) in [5.74, 6) is -0.831. The van der Waals surface area contributed by atoms with E-state index in [2.05, 4.69) is 31.4 Å². The van der Waals surface area contributed by atoms with Crippen molar-refractivity contribution in [2.24, 2.45) is 0 Å². The van der Waals surface area contributed by atoms with Gasteiger partial charge >= 0.3 is 0 Å². The Labute approximate surface area is 111 Å². The Hall–Kier alpha value is -1.69. The fraction of sp³-hybridized carbons (Fsp3) is 0.250. The highest BCUT2D eigenvalue weighted by Gasteiger charge is 2.30. The number of halogens is 1. The van der Waals surface area contributed by atoms with E-state index in [1.54, 1.807) is 0 Å². The molecule has 1 atom stereocenters. The minimum absolute atomic E-state index is 0.211. The van der Waals surface area contributed by atoms with E-state index in [9.17, 15) is 9.59 Å². The smallest absolute Gasteiger partial charge is 0.235 e. The standard InChI is InChI=1S/C12H10BrN3O2/c13-6-1-3-9-8(5-6)11(16-15-9)7-2-4-10(17)14-12(7)18/h1,3,5,7H,2,4H2,(H,15,16)(H,14,17,18). The number of hydrogen-bond acceptors (Lipinski definition) is 3. The summed E-state index contributed by atoms with van der Waals surface area (Å²) in [4.78, 5) is 23.0. The maximum Gasteiger partial charge on any atom is 0.235 e. The van der Waals surface area contributed by atoms with Crippen LogP contribution in [0.5, 0.6) is 0 Å². The summed E-state index contributed by atoms with van der Waals surface area (Å²) in [7, 11) is 0. The van der Waals surface area contributed by atoms with Crippen molar-refractivity contribution in [2.75, 3.05) is 0 Å². The van der Waals surface area contributed by atoms with E-state index >= 15 is 0 Å². The molecule has 2 aromatic rings. The summed E-state index contributed by atoms with van der Waals surface area (Å²) in [6, 6.07) is 5.74. The molecule has 0 bridgehead atoms. The first-order valence-electron chi connectivity index (χ1n) is 5.62. The van der Waals surface area contributed by atoms with E-state index in [4.69, 9.17) is 0 Å². The molecule has 1 aromatic heterocycles. The van der Waals surface area contributed by atoms with Crippen molar-refractivity contribution < 1.29 is 9.59 Å². The van der Waals surface area contributed by atoms with Gasteiger partial charge in [0.2, 0.25) is 11.8 Å². The predicted octanol–water partition coefficient (Wildman–Crippen LogP) is 1.85. The van der Waals surface area contributed by atoms with Crippen LogP contribution < -0.4 is 5.32 Å². The lowest BCUT2D eigenvalue weighted by Gasteiger charge is -2.19. The number of nitrogens with one attached hydrogen (secondary N) is 2. The average molecular weight is 308 g/mol. The first-order chi connectivity index (χ1) is 8.65. The van der Waals surface area contributed by atoms with Gasteiger partial charge < -0.3 is 0 Å². The van der Waals surface area contributed by atoms with Crippen molar-refractivity contribution in [2.45, 2.75) is 18.8 Å². The number of carbonyl (C=O) groups is 2. The monoisotopic (exact) mass is 307 g/mol. The zero-order valence-corrected chi connectivity index (χ0v) is 11.0. The van der Waals surface area contributed by atoms with Crippen LogP contribution in [0.4, 0.5) is 0 Å². The molecule has 1 aliphatic heterocycles. The summed E-state index contributed by atoms with van der Waals surface area (Å²) < 4.78 is 0.935. The molecule has 18 heavy (non-hydrogen) atoms. The normalized spacial score (nSPS) is 20.2. The van der Waals surface area contributed by atoms with Crippen molar-refractivity contribution >= 4 is 38.6 Å². The van der Waals surface area contributed by atoms with E-state index in [-0.39, 0.29) is 17.7 Å². The third-order valence-electron chi connectivity index (χ3n) is 3.12. The lowest BCUT2D eigenvalue weighted by molar-refractivity contribution is -0.134. The van der Waals surface area contributed by atoms with Crippen molar-refractivity contribution in [3.63, 3.8) is 0 Å². The van der Waals surface area contributed by atoms with Gasteiger partial charge in [-0.25, -0.2) is 0 Å². The van der Waals surface area contributed by atoms with E-state index < -0.39 is 0 Å². The molecule has 0 saturated carbocycles. The molecule has 92 valence electrons. The Kier molecular flexibility index (Phi) is 2.66. The molecule has 5 nitrogen and oxygen atoms in total. The van der Waals surface area contributed by atoms with Gasteiger partial charge in [-0.2, -0.15) is 5.10 Å². The maximum absolute atomic E-state index is 11.8. The van der Waals surface area contributed by atoms with Crippen LogP contribution in [-0.2, 0) is 9.59 Å². The average Bonchev–Trinajstić information content (AvgIpc) is 2.72. The molecular formula is C12H10BrN3O2. The molecule has 1 aromatic carbocycles. The van der Waals surface area contributed by atoms with Gasteiger partial charge in [0.1, 0.15) is 0 Å². The number of aromatic amines is 1. The Morgan fingerprint density at radius 3 is 2.94 bits per heavy atom. The molecular weight excluding hydrogens is 298 g/mol. The predicted molar refractivity (Wildman–Crippen MR) is 68.9 cm³/mol. The lowest BCUT2D eigenvalue weighted by Crippen LogP contribution is -2.39. The Balaban J connectivity index is 2.06. The number of aromatic nitrogens is 2. The van der Waals surface area contributed by atoms with Crippen molar-refractivity contribution in [1.82, 2.24) is 15.5 Å². The summed E-state index contributed by atoms with van der Waals surface area (Å²) in [6.07, 6.45) is 0.871. The van der Waals surface area contributed by atoms with Crippen LogP contribution in [0.15, 0.2) is 22.7 Å². The minimum atomic E-state index is -0.356.